The minimum absolute atomic E-state index is 0.290. The van der Waals surface area contributed by atoms with Crippen molar-refractivity contribution in [1.29, 1.82) is 0 Å². The Labute approximate surface area is 149 Å². The van der Waals surface area contributed by atoms with Crippen LogP contribution in [0, 0.1) is 0 Å². The molecule has 0 aliphatic rings. The number of carbonyl (C=O) groups excluding carboxylic acids is 1. The molecule has 0 bridgehead atoms. The normalized spacial score (nSPS) is 10.3. The first-order chi connectivity index (χ1) is 11.0. The number of nitrogens with one attached hydrogen (secondary N) is 1. The second-order valence-electron chi connectivity index (χ2n) is 4.51. The molecule has 0 heterocycles. The molecule has 0 atom stereocenters. The van der Waals surface area contributed by atoms with Crippen molar-refractivity contribution in [1.82, 2.24) is 0 Å². The molecule has 2 aromatic carbocycles. The van der Waals surface area contributed by atoms with E-state index in [1.807, 2.05) is 6.92 Å². The molecule has 0 radical (unpaired) electrons. The van der Waals surface area contributed by atoms with Crippen LogP contribution in [0.3, 0.4) is 0 Å². The quantitative estimate of drug-likeness (QED) is 0.772. The molecule has 1 N–H and O–H groups in total. The minimum Gasteiger partial charge on any atom is -0.491 e. The molecule has 23 heavy (non-hydrogen) atoms. The molecule has 0 saturated heterocycles. The molecule has 0 fully saturated rings. The highest BCUT2D eigenvalue weighted by molar-refractivity contribution is 6.42. The van der Waals surface area contributed by atoms with Gasteiger partial charge in [-0.2, -0.15) is 0 Å². The van der Waals surface area contributed by atoms with E-state index in [0.717, 1.165) is 0 Å². The van der Waals surface area contributed by atoms with E-state index < -0.39 is 0 Å². The van der Waals surface area contributed by atoms with Crippen molar-refractivity contribution >= 4 is 46.4 Å². The highest BCUT2D eigenvalue weighted by Crippen LogP contribution is 2.36. The first-order valence-electron chi connectivity index (χ1n) is 6.73. The third kappa shape index (κ3) is 4.22. The van der Waals surface area contributed by atoms with Gasteiger partial charge in [0, 0.05) is 11.3 Å². The summed E-state index contributed by atoms with van der Waals surface area (Å²) >= 11 is 17.9. The summed E-state index contributed by atoms with van der Waals surface area (Å²) in [5.74, 6) is 0.440. The number of carbonyl (C=O) groups is 1. The maximum Gasteiger partial charge on any atom is 0.255 e. The number of hydrogen-bond donors (Lipinski definition) is 1. The van der Waals surface area contributed by atoms with Gasteiger partial charge in [-0.05, 0) is 37.3 Å². The Morgan fingerprint density at radius 3 is 2.43 bits per heavy atom. The van der Waals surface area contributed by atoms with Gasteiger partial charge < -0.3 is 14.8 Å². The Hall–Kier alpha value is -1.62. The SMILES string of the molecule is CCOc1cc(C(=O)Nc2ccc(Cl)c(Cl)c2)cc(Cl)c1OC. The lowest BCUT2D eigenvalue weighted by Crippen LogP contribution is -2.12. The predicted molar refractivity (Wildman–Crippen MR) is 93.6 cm³/mol. The van der Waals surface area contributed by atoms with E-state index >= 15 is 0 Å². The number of amides is 1. The molecular weight excluding hydrogens is 361 g/mol. The topological polar surface area (TPSA) is 47.6 Å². The smallest absolute Gasteiger partial charge is 0.255 e. The van der Waals surface area contributed by atoms with Crippen LogP contribution in [0.2, 0.25) is 15.1 Å². The first-order valence-corrected chi connectivity index (χ1v) is 7.86. The van der Waals surface area contributed by atoms with Gasteiger partial charge in [0.05, 0.1) is 28.8 Å². The summed E-state index contributed by atoms with van der Waals surface area (Å²) in [7, 11) is 1.49. The Balaban J connectivity index is 2.29. The van der Waals surface area contributed by atoms with E-state index in [1.165, 1.54) is 13.2 Å². The molecule has 0 saturated carbocycles. The number of benzene rings is 2. The second-order valence-corrected chi connectivity index (χ2v) is 5.73. The van der Waals surface area contributed by atoms with Crippen molar-refractivity contribution < 1.29 is 14.3 Å². The lowest BCUT2D eigenvalue weighted by Gasteiger charge is -2.13. The number of halogens is 3. The van der Waals surface area contributed by atoms with E-state index in [-0.39, 0.29) is 10.9 Å². The van der Waals surface area contributed by atoms with E-state index in [9.17, 15) is 4.79 Å². The fourth-order valence-electron chi connectivity index (χ4n) is 1.94. The molecule has 0 aromatic heterocycles. The summed E-state index contributed by atoms with van der Waals surface area (Å²) in [5.41, 5.74) is 0.861. The third-order valence-corrected chi connectivity index (χ3v) is 3.97. The van der Waals surface area contributed by atoms with Gasteiger partial charge in [-0.1, -0.05) is 34.8 Å². The average Bonchev–Trinajstić information content (AvgIpc) is 2.51. The van der Waals surface area contributed by atoms with Crippen molar-refractivity contribution in [2.75, 3.05) is 19.0 Å². The molecule has 1 amide bonds. The standard InChI is InChI=1S/C16H14Cl3NO3/c1-3-23-14-7-9(6-13(19)15(14)22-2)16(21)20-10-4-5-11(17)12(18)8-10/h4-8H,3H2,1-2H3,(H,20,21). The number of rotatable bonds is 5. The number of anilines is 1. The zero-order valence-electron chi connectivity index (χ0n) is 12.5. The Morgan fingerprint density at radius 1 is 1.09 bits per heavy atom. The highest BCUT2D eigenvalue weighted by atomic mass is 35.5. The van der Waals surface area contributed by atoms with Crippen molar-refractivity contribution in [2.24, 2.45) is 0 Å². The summed E-state index contributed by atoms with van der Waals surface area (Å²) in [6.45, 7) is 2.25. The fraction of sp³-hybridized carbons (Fsp3) is 0.188. The van der Waals surface area contributed by atoms with Gasteiger partial charge >= 0.3 is 0 Å². The molecule has 0 spiro atoms. The van der Waals surface area contributed by atoms with Crippen LogP contribution in [0.25, 0.3) is 0 Å². The van der Waals surface area contributed by atoms with Crippen LogP contribution in [0.15, 0.2) is 30.3 Å². The minimum atomic E-state index is -0.353. The lowest BCUT2D eigenvalue weighted by molar-refractivity contribution is 0.102. The second kappa shape index (κ2) is 7.77. The van der Waals surface area contributed by atoms with E-state index in [2.05, 4.69) is 5.32 Å². The molecule has 0 unspecified atom stereocenters. The largest absolute Gasteiger partial charge is 0.491 e. The van der Waals surface area contributed by atoms with E-state index in [1.54, 1.807) is 24.3 Å². The first kappa shape index (κ1) is 17.7. The van der Waals surface area contributed by atoms with Gasteiger partial charge in [0.25, 0.3) is 5.91 Å². The summed E-state index contributed by atoms with van der Waals surface area (Å²) in [6.07, 6.45) is 0. The van der Waals surface area contributed by atoms with Crippen LogP contribution >= 0.6 is 34.8 Å². The number of methoxy groups -OCH3 is 1. The fourth-order valence-corrected chi connectivity index (χ4v) is 2.52. The van der Waals surface area contributed by atoms with Crippen LogP contribution in [0.1, 0.15) is 17.3 Å². The average molecular weight is 375 g/mol. The molecule has 122 valence electrons. The predicted octanol–water partition coefficient (Wildman–Crippen LogP) is 5.31. The summed E-state index contributed by atoms with van der Waals surface area (Å²) in [5, 5.41) is 3.78. The highest BCUT2D eigenvalue weighted by Gasteiger charge is 2.16. The van der Waals surface area contributed by atoms with Gasteiger partial charge in [-0.15, -0.1) is 0 Å². The van der Waals surface area contributed by atoms with Crippen LogP contribution in [0.4, 0.5) is 5.69 Å². The summed E-state index contributed by atoms with van der Waals surface area (Å²) in [4.78, 5) is 12.4. The van der Waals surface area contributed by atoms with Gasteiger partial charge in [-0.25, -0.2) is 0 Å². The van der Waals surface area contributed by atoms with Gasteiger partial charge in [0.1, 0.15) is 0 Å². The number of hydrogen-bond acceptors (Lipinski definition) is 3. The maximum absolute atomic E-state index is 12.4. The van der Waals surface area contributed by atoms with Crippen molar-refractivity contribution in [3.05, 3.63) is 51.0 Å². The molecule has 0 aliphatic carbocycles. The molecule has 2 aromatic rings. The molecule has 2 rings (SSSR count). The van der Waals surface area contributed by atoms with Crippen molar-refractivity contribution in [3.8, 4) is 11.5 Å². The molecular formula is C16H14Cl3NO3. The van der Waals surface area contributed by atoms with Gasteiger partial charge in [0.2, 0.25) is 0 Å². The summed E-state index contributed by atoms with van der Waals surface area (Å²) in [6, 6.07) is 7.90. The van der Waals surface area contributed by atoms with Crippen molar-refractivity contribution in [2.45, 2.75) is 6.92 Å². The van der Waals surface area contributed by atoms with Crippen LogP contribution in [0.5, 0.6) is 11.5 Å². The Kier molecular flexibility index (Phi) is 5.99. The Morgan fingerprint density at radius 2 is 1.83 bits per heavy atom. The lowest BCUT2D eigenvalue weighted by atomic mass is 10.1. The Bertz CT molecular complexity index is 735. The molecule has 0 aliphatic heterocycles. The van der Waals surface area contributed by atoms with Crippen molar-refractivity contribution in [3.63, 3.8) is 0 Å². The monoisotopic (exact) mass is 373 g/mol. The van der Waals surface area contributed by atoms with E-state index in [4.69, 9.17) is 44.3 Å². The van der Waals surface area contributed by atoms with Crippen LogP contribution < -0.4 is 14.8 Å². The zero-order valence-corrected chi connectivity index (χ0v) is 14.7. The molecule has 4 nitrogen and oxygen atoms in total. The van der Waals surface area contributed by atoms with Crippen LogP contribution in [-0.4, -0.2) is 19.6 Å². The van der Waals surface area contributed by atoms with Gasteiger partial charge in [-0.3, -0.25) is 4.79 Å². The van der Waals surface area contributed by atoms with Crippen LogP contribution in [-0.2, 0) is 0 Å². The summed E-state index contributed by atoms with van der Waals surface area (Å²) < 4.78 is 10.6. The maximum atomic E-state index is 12.4. The van der Waals surface area contributed by atoms with E-state index in [0.29, 0.717) is 39.4 Å². The van der Waals surface area contributed by atoms with Gasteiger partial charge in [0.15, 0.2) is 11.5 Å². The molecule has 7 heteroatoms. The third-order valence-electron chi connectivity index (χ3n) is 2.95. The zero-order chi connectivity index (χ0) is 17.0. The number of ether oxygens (including phenoxy) is 2.